The van der Waals surface area contributed by atoms with E-state index in [4.69, 9.17) is 14.2 Å². The first-order chi connectivity index (χ1) is 18.7. The Morgan fingerprint density at radius 2 is 1.77 bits per heavy atom. The van der Waals surface area contributed by atoms with Crippen LogP contribution in [-0.2, 0) is 14.8 Å². The van der Waals surface area contributed by atoms with Gasteiger partial charge in [-0.25, -0.2) is 8.42 Å². The molecule has 5 rings (SSSR count). The number of nitrogens with one attached hydrogen (secondary N) is 1. The van der Waals surface area contributed by atoms with Gasteiger partial charge in [-0.2, -0.15) is 0 Å². The summed E-state index contributed by atoms with van der Waals surface area (Å²) < 4.78 is 46.6. The minimum absolute atomic E-state index is 0.103. The number of rotatable bonds is 7. The molecule has 0 fully saturated rings. The Hall–Kier alpha value is -3.72. The Kier molecular flexibility index (Phi) is 7.20. The van der Waals surface area contributed by atoms with Crippen LogP contribution in [0.25, 0.3) is 0 Å². The van der Waals surface area contributed by atoms with Gasteiger partial charge < -0.3 is 19.5 Å². The second-order valence-corrected chi connectivity index (χ2v) is 11.9. The molecule has 3 aromatic carbocycles. The van der Waals surface area contributed by atoms with Crippen LogP contribution in [0.4, 0.5) is 5.69 Å². The van der Waals surface area contributed by atoms with Gasteiger partial charge in [0.25, 0.3) is 15.9 Å². The molecule has 0 saturated carbocycles. The largest absolute Gasteiger partial charge is 0.497 e. The molecule has 3 aromatic rings. The predicted molar refractivity (Wildman–Crippen MR) is 149 cm³/mol. The number of fused-ring (bicyclic) bond motifs is 2. The summed E-state index contributed by atoms with van der Waals surface area (Å²) in [4.78, 5) is 13.8. The molecule has 2 heterocycles. The van der Waals surface area contributed by atoms with Crippen LogP contribution < -0.4 is 23.8 Å². The Bertz CT molecular complexity index is 1470. The lowest BCUT2D eigenvalue weighted by atomic mass is 9.83. The van der Waals surface area contributed by atoms with Crippen molar-refractivity contribution >= 4 is 21.6 Å². The molecule has 2 aliphatic heterocycles. The highest BCUT2D eigenvalue weighted by molar-refractivity contribution is 7.92. The molecular formula is C30H34N2O6S. The standard InChI is InChI=1S/C30H34N2O6S/c1-5-30(6-2)18-24(23-9-7-8-10-26(23)38-30)31-29(33)28-19-32(25-17-20(3)11-16-27(25)37-28)39(34,35)22-14-12-21(36-4)13-15-22/h7-17,24,28H,5-6,18-19H2,1-4H3,(H,31,33)/t24-,28+/m0/s1. The lowest BCUT2D eigenvalue weighted by molar-refractivity contribution is -0.129. The first-order valence-electron chi connectivity index (χ1n) is 13.2. The lowest BCUT2D eigenvalue weighted by Crippen LogP contribution is -2.52. The fourth-order valence-corrected chi connectivity index (χ4v) is 6.76. The normalized spacial score (nSPS) is 19.6. The van der Waals surface area contributed by atoms with Crippen LogP contribution in [0.5, 0.6) is 17.2 Å². The van der Waals surface area contributed by atoms with Gasteiger partial charge in [0, 0.05) is 12.0 Å². The highest BCUT2D eigenvalue weighted by Gasteiger charge is 2.42. The van der Waals surface area contributed by atoms with Crippen LogP contribution in [0.2, 0.25) is 0 Å². The first kappa shape index (κ1) is 26.9. The average Bonchev–Trinajstić information content (AvgIpc) is 2.96. The van der Waals surface area contributed by atoms with E-state index in [0.717, 1.165) is 29.7 Å². The van der Waals surface area contributed by atoms with Crippen molar-refractivity contribution < 1.29 is 27.4 Å². The molecule has 0 aliphatic carbocycles. The number of benzene rings is 3. The van der Waals surface area contributed by atoms with E-state index in [1.807, 2.05) is 37.3 Å². The molecule has 2 aliphatic rings. The zero-order valence-corrected chi connectivity index (χ0v) is 23.5. The van der Waals surface area contributed by atoms with Crippen LogP contribution in [0.3, 0.4) is 0 Å². The molecule has 39 heavy (non-hydrogen) atoms. The zero-order chi connectivity index (χ0) is 27.8. The molecule has 0 radical (unpaired) electrons. The van der Waals surface area contributed by atoms with E-state index in [1.54, 1.807) is 24.3 Å². The molecule has 0 unspecified atom stereocenters. The van der Waals surface area contributed by atoms with Crippen molar-refractivity contribution in [1.29, 1.82) is 0 Å². The van der Waals surface area contributed by atoms with Crippen LogP contribution >= 0.6 is 0 Å². The van der Waals surface area contributed by atoms with E-state index in [1.165, 1.54) is 23.5 Å². The number of carbonyl (C=O) groups is 1. The topological polar surface area (TPSA) is 94.2 Å². The molecule has 1 N–H and O–H groups in total. The van der Waals surface area contributed by atoms with E-state index in [0.29, 0.717) is 23.6 Å². The summed E-state index contributed by atoms with van der Waals surface area (Å²) in [6.45, 7) is 5.89. The molecule has 0 spiro atoms. The van der Waals surface area contributed by atoms with E-state index >= 15 is 0 Å². The second-order valence-electron chi connectivity index (χ2n) is 10.1. The van der Waals surface area contributed by atoms with Gasteiger partial charge in [0.15, 0.2) is 6.10 Å². The van der Waals surface area contributed by atoms with Crippen LogP contribution in [0.15, 0.2) is 71.6 Å². The van der Waals surface area contributed by atoms with Crippen molar-refractivity contribution in [2.45, 2.75) is 62.7 Å². The van der Waals surface area contributed by atoms with Crippen molar-refractivity contribution in [1.82, 2.24) is 5.32 Å². The maximum Gasteiger partial charge on any atom is 0.264 e. The molecule has 8 nitrogen and oxygen atoms in total. The summed E-state index contributed by atoms with van der Waals surface area (Å²) >= 11 is 0. The van der Waals surface area contributed by atoms with Crippen LogP contribution in [0, 0.1) is 6.92 Å². The van der Waals surface area contributed by atoms with Crippen molar-refractivity contribution in [2.75, 3.05) is 18.0 Å². The number of carbonyl (C=O) groups excluding carboxylic acids is 1. The summed E-state index contributed by atoms with van der Waals surface area (Å²) in [7, 11) is -2.47. The van der Waals surface area contributed by atoms with Gasteiger partial charge in [-0.3, -0.25) is 9.10 Å². The molecular weight excluding hydrogens is 516 g/mol. The number of amides is 1. The molecule has 9 heteroatoms. The molecule has 0 bridgehead atoms. The summed E-state index contributed by atoms with van der Waals surface area (Å²) in [5.41, 5.74) is 1.79. The number of anilines is 1. The maximum atomic E-state index is 13.8. The lowest BCUT2D eigenvalue weighted by Gasteiger charge is -2.42. The third kappa shape index (κ3) is 5.03. The average molecular weight is 551 g/mol. The first-order valence-corrected chi connectivity index (χ1v) is 14.7. The number of nitrogens with zero attached hydrogens (tertiary/aromatic N) is 1. The van der Waals surface area contributed by atoms with Crippen molar-refractivity contribution in [3.8, 4) is 17.2 Å². The van der Waals surface area contributed by atoms with Crippen molar-refractivity contribution in [3.05, 3.63) is 77.9 Å². The van der Waals surface area contributed by atoms with Gasteiger partial charge in [-0.1, -0.05) is 38.1 Å². The monoisotopic (exact) mass is 550 g/mol. The van der Waals surface area contributed by atoms with E-state index in [2.05, 4.69) is 19.2 Å². The SMILES string of the molecule is CCC1(CC)C[C@H](NC(=O)[C@H]2CN(S(=O)(=O)c3ccc(OC)cc3)c3cc(C)ccc3O2)c2ccccc2O1. The third-order valence-electron chi connectivity index (χ3n) is 7.73. The van der Waals surface area contributed by atoms with Gasteiger partial charge in [-0.15, -0.1) is 0 Å². The molecule has 1 amide bonds. The summed E-state index contributed by atoms with van der Waals surface area (Å²) in [5, 5.41) is 3.16. The smallest absolute Gasteiger partial charge is 0.264 e. The Morgan fingerprint density at radius 1 is 1.05 bits per heavy atom. The van der Waals surface area contributed by atoms with Gasteiger partial charge in [-0.05, 0) is 67.8 Å². The van der Waals surface area contributed by atoms with Gasteiger partial charge in [0.05, 0.1) is 30.3 Å². The molecule has 2 atom stereocenters. The number of sulfonamides is 1. The number of aryl methyl sites for hydroxylation is 1. The Labute approximate surface area is 229 Å². The molecule has 206 valence electrons. The van der Waals surface area contributed by atoms with E-state index in [-0.39, 0.29) is 23.4 Å². The van der Waals surface area contributed by atoms with Gasteiger partial charge in [0.1, 0.15) is 22.8 Å². The fourth-order valence-electron chi connectivity index (χ4n) is 5.30. The molecule has 0 saturated heterocycles. The summed E-state index contributed by atoms with van der Waals surface area (Å²) in [6.07, 6.45) is 1.16. The number of hydrogen-bond donors (Lipinski definition) is 1. The highest BCUT2D eigenvalue weighted by atomic mass is 32.2. The minimum atomic E-state index is -3.99. The van der Waals surface area contributed by atoms with Gasteiger partial charge in [0.2, 0.25) is 0 Å². The number of hydrogen-bond acceptors (Lipinski definition) is 6. The summed E-state index contributed by atoms with van der Waals surface area (Å²) in [5.74, 6) is 1.27. The van der Waals surface area contributed by atoms with E-state index in [9.17, 15) is 13.2 Å². The van der Waals surface area contributed by atoms with Crippen molar-refractivity contribution in [3.63, 3.8) is 0 Å². The van der Waals surface area contributed by atoms with Crippen LogP contribution in [0.1, 0.15) is 50.3 Å². The maximum absolute atomic E-state index is 13.8. The Balaban J connectivity index is 1.46. The molecule has 0 aromatic heterocycles. The minimum Gasteiger partial charge on any atom is -0.497 e. The number of ether oxygens (including phenoxy) is 3. The quantitative estimate of drug-likeness (QED) is 0.437. The predicted octanol–water partition coefficient (Wildman–Crippen LogP) is 5.16. The van der Waals surface area contributed by atoms with Crippen LogP contribution in [-0.4, -0.2) is 39.7 Å². The van der Waals surface area contributed by atoms with Gasteiger partial charge >= 0.3 is 0 Å². The van der Waals surface area contributed by atoms with Crippen molar-refractivity contribution in [2.24, 2.45) is 0 Å². The Morgan fingerprint density at radius 3 is 2.46 bits per heavy atom. The highest BCUT2D eigenvalue weighted by Crippen LogP contribution is 2.43. The zero-order valence-electron chi connectivity index (χ0n) is 22.6. The summed E-state index contributed by atoms with van der Waals surface area (Å²) in [6, 6.07) is 18.9. The van der Waals surface area contributed by atoms with E-state index < -0.39 is 21.7 Å². The number of methoxy groups -OCH3 is 1. The fraction of sp³-hybridized carbons (Fsp3) is 0.367. The number of para-hydroxylation sites is 1. The third-order valence-corrected chi connectivity index (χ3v) is 9.52. The second kappa shape index (κ2) is 10.4.